The van der Waals surface area contributed by atoms with Gasteiger partial charge in [-0.1, -0.05) is 30.3 Å². The summed E-state index contributed by atoms with van der Waals surface area (Å²) in [6.45, 7) is 1.82. The Morgan fingerprint density at radius 3 is 2.46 bits per heavy atom. The van der Waals surface area contributed by atoms with Crippen molar-refractivity contribution < 1.29 is 5.11 Å². The smallest absolute Gasteiger partial charge is 0.181 e. The summed E-state index contributed by atoms with van der Waals surface area (Å²) in [7, 11) is 3.40. The van der Waals surface area contributed by atoms with Crippen LogP contribution in [0.4, 0.5) is 0 Å². The molecule has 120 valence electrons. The normalized spacial score (nSPS) is 11.9. The van der Waals surface area contributed by atoms with Gasteiger partial charge < -0.3 is 5.11 Å². The average Bonchev–Trinajstić information content (AvgIpc) is 3.12. The van der Waals surface area contributed by atoms with Crippen LogP contribution in [-0.2, 0) is 14.1 Å². The quantitative estimate of drug-likeness (QED) is 0.591. The van der Waals surface area contributed by atoms with Crippen molar-refractivity contribution in [2.75, 3.05) is 0 Å². The molecule has 3 rings (SSSR count). The van der Waals surface area contributed by atoms with Gasteiger partial charge in [-0.25, -0.2) is 9.67 Å². The molecule has 24 heavy (non-hydrogen) atoms. The lowest BCUT2D eigenvalue weighted by Gasteiger charge is -2.05. The van der Waals surface area contributed by atoms with E-state index in [1.54, 1.807) is 20.3 Å². The van der Waals surface area contributed by atoms with E-state index in [-0.39, 0.29) is 11.3 Å². The summed E-state index contributed by atoms with van der Waals surface area (Å²) in [4.78, 5) is 4.42. The number of aliphatic hydroxyl groups excluding tert-OH is 1. The topological polar surface area (TPSA) is 92.5 Å². The van der Waals surface area contributed by atoms with Crippen molar-refractivity contribution >= 4 is 11.3 Å². The molecule has 2 aromatic heterocycles. The monoisotopic (exact) mass is 320 g/mol. The predicted molar refractivity (Wildman–Crippen MR) is 89.4 cm³/mol. The standard InChI is InChI=1S/C17H16N6O/c1-11-10-19-22(2)14(11)15(24)13(9-18)17-20-16(21-23(17)3)12-7-5-4-6-8-12/h4-8,10,24H,1-3H3. The fourth-order valence-electron chi connectivity index (χ4n) is 2.53. The first-order valence-corrected chi connectivity index (χ1v) is 7.32. The number of aromatic nitrogens is 5. The maximum absolute atomic E-state index is 10.6. The second kappa shape index (κ2) is 6.01. The molecule has 0 aliphatic heterocycles. The summed E-state index contributed by atoms with van der Waals surface area (Å²) in [5.74, 6) is 0.634. The number of allylic oxidation sites excluding steroid dienone is 1. The van der Waals surface area contributed by atoms with Crippen molar-refractivity contribution in [2.24, 2.45) is 14.1 Å². The molecule has 0 saturated carbocycles. The molecule has 0 fully saturated rings. The summed E-state index contributed by atoms with van der Waals surface area (Å²) in [6, 6.07) is 11.5. The Hall–Kier alpha value is -3.40. The lowest BCUT2D eigenvalue weighted by atomic mass is 10.1. The van der Waals surface area contributed by atoms with Gasteiger partial charge in [0, 0.05) is 19.7 Å². The summed E-state index contributed by atoms with van der Waals surface area (Å²) in [5, 5.41) is 28.6. The van der Waals surface area contributed by atoms with E-state index in [2.05, 4.69) is 15.2 Å². The average molecular weight is 320 g/mol. The molecule has 7 nitrogen and oxygen atoms in total. The van der Waals surface area contributed by atoms with Crippen LogP contribution in [0, 0.1) is 18.3 Å². The Balaban J connectivity index is 2.15. The fourth-order valence-corrected chi connectivity index (χ4v) is 2.53. The maximum atomic E-state index is 10.6. The molecule has 7 heteroatoms. The van der Waals surface area contributed by atoms with Crippen LogP contribution < -0.4 is 0 Å². The number of aryl methyl sites for hydroxylation is 3. The van der Waals surface area contributed by atoms with Gasteiger partial charge in [-0.05, 0) is 12.5 Å². The minimum atomic E-state index is -0.162. The molecular weight excluding hydrogens is 304 g/mol. The zero-order valence-corrected chi connectivity index (χ0v) is 13.6. The molecule has 0 spiro atoms. The van der Waals surface area contributed by atoms with Crippen LogP contribution in [0.5, 0.6) is 0 Å². The summed E-state index contributed by atoms with van der Waals surface area (Å²) < 4.78 is 3.01. The predicted octanol–water partition coefficient (Wildman–Crippen LogP) is 2.47. The van der Waals surface area contributed by atoms with Crippen molar-refractivity contribution in [1.82, 2.24) is 24.5 Å². The largest absolute Gasteiger partial charge is 0.504 e. The van der Waals surface area contributed by atoms with Crippen molar-refractivity contribution in [3.05, 3.63) is 53.6 Å². The summed E-state index contributed by atoms with van der Waals surface area (Å²) in [6.07, 6.45) is 1.63. The molecule has 0 bridgehead atoms. The number of rotatable bonds is 3. The van der Waals surface area contributed by atoms with E-state index in [9.17, 15) is 10.4 Å². The lowest BCUT2D eigenvalue weighted by molar-refractivity contribution is 0.502. The first-order chi connectivity index (χ1) is 11.5. The van der Waals surface area contributed by atoms with Gasteiger partial charge in [0.2, 0.25) is 0 Å². The fraction of sp³-hybridized carbons (Fsp3) is 0.176. The van der Waals surface area contributed by atoms with E-state index in [1.165, 1.54) is 9.36 Å². The van der Waals surface area contributed by atoms with Crippen LogP contribution in [0.2, 0.25) is 0 Å². The maximum Gasteiger partial charge on any atom is 0.181 e. The zero-order chi connectivity index (χ0) is 17.3. The summed E-state index contributed by atoms with van der Waals surface area (Å²) in [5.41, 5.74) is 2.15. The molecule has 0 unspecified atom stereocenters. The number of nitrogens with zero attached hydrogens (tertiary/aromatic N) is 6. The van der Waals surface area contributed by atoms with E-state index in [0.29, 0.717) is 17.3 Å². The van der Waals surface area contributed by atoms with Crippen LogP contribution in [-0.4, -0.2) is 29.7 Å². The second-order valence-corrected chi connectivity index (χ2v) is 5.38. The van der Waals surface area contributed by atoms with Crippen LogP contribution in [0.3, 0.4) is 0 Å². The van der Waals surface area contributed by atoms with Gasteiger partial charge in [-0.2, -0.15) is 15.5 Å². The molecule has 0 saturated heterocycles. The number of hydrogen-bond acceptors (Lipinski definition) is 5. The zero-order valence-electron chi connectivity index (χ0n) is 13.6. The highest BCUT2D eigenvalue weighted by Gasteiger charge is 2.21. The molecule has 1 aromatic carbocycles. The highest BCUT2D eigenvalue weighted by molar-refractivity contribution is 5.92. The minimum Gasteiger partial charge on any atom is -0.504 e. The second-order valence-electron chi connectivity index (χ2n) is 5.38. The third-order valence-electron chi connectivity index (χ3n) is 3.71. The Morgan fingerprint density at radius 1 is 1.17 bits per heavy atom. The molecule has 0 aliphatic carbocycles. The number of aliphatic hydroxyl groups is 1. The molecular formula is C17H16N6O. The molecule has 0 radical (unpaired) electrons. The summed E-state index contributed by atoms with van der Waals surface area (Å²) >= 11 is 0. The van der Waals surface area contributed by atoms with Gasteiger partial charge in [0.15, 0.2) is 17.4 Å². The Kier molecular flexibility index (Phi) is 3.88. The third-order valence-corrected chi connectivity index (χ3v) is 3.71. The van der Waals surface area contributed by atoms with E-state index < -0.39 is 0 Å². The Bertz CT molecular complexity index is 939. The first kappa shape index (κ1) is 15.5. The molecule has 0 amide bonds. The van der Waals surface area contributed by atoms with Crippen LogP contribution in [0.1, 0.15) is 17.1 Å². The Labute approximate surface area is 139 Å². The minimum absolute atomic E-state index is 0.0545. The number of hydrogen-bond donors (Lipinski definition) is 1. The number of nitriles is 1. The van der Waals surface area contributed by atoms with Gasteiger partial charge in [0.1, 0.15) is 17.3 Å². The van der Waals surface area contributed by atoms with Gasteiger partial charge in [-0.3, -0.25) is 4.68 Å². The molecule has 3 aromatic rings. The SMILES string of the molecule is Cc1cnn(C)c1C(O)=C(C#N)c1nc(-c2ccccc2)nn1C. The van der Waals surface area contributed by atoms with Gasteiger partial charge in [0.25, 0.3) is 0 Å². The lowest BCUT2D eigenvalue weighted by Crippen LogP contribution is -2.04. The van der Waals surface area contributed by atoms with Crippen LogP contribution >= 0.6 is 0 Å². The van der Waals surface area contributed by atoms with E-state index >= 15 is 0 Å². The van der Waals surface area contributed by atoms with Crippen molar-refractivity contribution in [2.45, 2.75) is 6.92 Å². The molecule has 2 heterocycles. The molecule has 0 aliphatic rings. The van der Waals surface area contributed by atoms with Gasteiger partial charge in [0.05, 0.1) is 6.20 Å². The third kappa shape index (κ3) is 2.54. The van der Waals surface area contributed by atoms with Gasteiger partial charge >= 0.3 is 0 Å². The van der Waals surface area contributed by atoms with Crippen molar-refractivity contribution in [3.63, 3.8) is 0 Å². The molecule has 0 atom stereocenters. The number of benzene rings is 1. The van der Waals surface area contributed by atoms with Crippen LogP contribution in [0.25, 0.3) is 22.7 Å². The van der Waals surface area contributed by atoms with Gasteiger partial charge in [-0.15, -0.1) is 0 Å². The Morgan fingerprint density at radius 2 is 1.88 bits per heavy atom. The molecule has 1 N–H and O–H groups in total. The van der Waals surface area contributed by atoms with Crippen molar-refractivity contribution in [1.29, 1.82) is 5.26 Å². The van der Waals surface area contributed by atoms with E-state index in [0.717, 1.165) is 11.1 Å². The first-order valence-electron chi connectivity index (χ1n) is 7.32. The van der Waals surface area contributed by atoms with E-state index in [4.69, 9.17) is 0 Å². The highest BCUT2D eigenvalue weighted by Crippen LogP contribution is 2.26. The highest BCUT2D eigenvalue weighted by atomic mass is 16.3. The van der Waals surface area contributed by atoms with Crippen LogP contribution in [0.15, 0.2) is 36.5 Å². The van der Waals surface area contributed by atoms with E-state index in [1.807, 2.05) is 43.3 Å². The van der Waals surface area contributed by atoms with Crippen molar-refractivity contribution in [3.8, 4) is 17.5 Å².